The Morgan fingerprint density at radius 3 is 2.55 bits per heavy atom. The molecule has 2 amide bonds. The van der Waals surface area contributed by atoms with Gasteiger partial charge in [0.2, 0.25) is 0 Å². The molecular weight excluding hydrogens is 394 g/mol. The molecule has 0 unspecified atom stereocenters. The monoisotopic (exact) mass is 425 g/mol. The lowest BCUT2D eigenvalue weighted by atomic mass is 10.0. The van der Waals surface area contributed by atoms with Crippen molar-refractivity contribution in [2.45, 2.75) is 39.4 Å². The molecule has 1 N–H and O–H groups in total. The van der Waals surface area contributed by atoms with Gasteiger partial charge in [-0.2, -0.15) is 0 Å². The molecule has 0 saturated carbocycles. The van der Waals surface area contributed by atoms with E-state index in [0.29, 0.717) is 23.7 Å². The van der Waals surface area contributed by atoms with Crippen LogP contribution < -0.4 is 14.8 Å². The quantitative estimate of drug-likeness (QED) is 0.694. The number of carbonyl (C=O) groups is 2. The third kappa shape index (κ3) is 4.76. The van der Waals surface area contributed by atoms with Gasteiger partial charge in [0, 0.05) is 25.8 Å². The van der Waals surface area contributed by atoms with Crippen LogP contribution in [-0.4, -0.2) is 55.0 Å². The number of amides is 2. The summed E-state index contributed by atoms with van der Waals surface area (Å²) in [4.78, 5) is 28.6. The van der Waals surface area contributed by atoms with E-state index in [0.717, 1.165) is 17.7 Å². The highest BCUT2D eigenvalue weighted by atomic mass is 16.5. The van der Waals surface area contributed by atoms with E-state index in [2.05, 4.69) is 12.2 Å². The molecule has 7 heteroatoms. The molecule has 0 saturated heterocycles. The number of ether oxygens (including phenoxy) is 2. The largest absolute Gasteiger partial charge is 0.490 e. The summed E-state index contributed by atoms with van der Waals surface area (Å²) in [5.74, 6) is 0.913. The highest BCUT2D eigenvalue weighted by Crippen LogP contribution is 2.38. The van der Waals surface area contributed by atoms with Gasteiger partial charge in [-0.05, 0) is 50.1 Å². The van der Waals surface area contributed by atoms with Crippen LogP contribution in [0.3, 0.4) is 0 Å². The summed E-state index contributed by atoms with van der Waals surface area (Å²) in [7, 11) is 3.37. The zero-order chi connectivity index (χ0) is 22.5. The summed E-state index contributed by atoms with van der Waals surface area (Å²) < 4.78 is 11.5. The number of anilines is 1. The van der Waals surface area contributed by atoms with Gasteiger partial charge in [0.1, 0.15) is 6.17 Å². The van der Waals surface area contributed by atoms with Gasteiger partial charge in [0.05, 0.1) is 12.2 Å². The van der Waals surface area contributed by atoms with Crippen LogP contribution in [0.25, 0.3) is 0 Å². The van der Waals surface area contributed by atoms with Crippen LogP contribution in [-0.2, 0) is 4.79 Å². The predicted molar refractivity (Wildman–Crippen MR) is 121 cm³/mol. The van der Waals surface area contributed by atoms with Crippen LogP contribution >= 0.6 is 0 Å². The van der Waals surface area contributed by atoms with Gasteiger partial charge >= 0.3 is 0 Å². The van der Waals surface area contributed by atoms with E-state index >= 15 is 0 Å². The Morgan fingerprint density at radius 1 is 1.13 bits per heavy atom. The van der Waals surface area contributed by atoms with Crippen molar-refractivity contribution in [3.05, 3.63) is 53.6 Å². The standard InChI is InChI=1S/C24H31N3O4/c1-6-16(3)27-23(25-19-11-9-8-10-18(19)24(27)29)17-12-13-20(21(14-17)30-7-2)31-15-22(28)26(4)5/h8-14,16,23,25H,6-7,15H2,1-5H3/t16-,23-/m0/s1. The van der Waals surface area contributed by atoms with Crippen LogP contribution in [0.5, 0.6) is 11.5 Å². The van der Waals surface area contributed by atoms with Gasteiger partial charge in [-0.3, -0.25) is 9.59 Å². The van der Waals surface area contributed by atoms with Crippen LogP contribution in [0.4, 0.5) is 5.69 Å². The molecule has 1 aliphatic rings. The van der Waals surface area contributed by atoms with E-state index in [1.807, 2.05) is 55.1 Å². The fraction of sp³-hybridized carbons (Fsp3) is 0.417. The molecule has 0 fully saturated rings. The molecular formula is C24H31N3O4. The average molecular weight is 426 g/mol. The molecule has 2 atom stereocenters. The van der Waals surface area contributed by atoms with Gasteiger partial charge in [0.15, 0.2) is 18.1 Å². The number of likely N-dealkylation sites (N-methyl/N-ethyl adjacent to an activating group) is 1. The Bertz CT molecular complexity index is 944. The number of rotatable bonds is 8. The van der Waals surface area contributed by atoms with Crippen LogP contribution in [0.2, 0.25) is 0 Å². The second-order valence-corrected chi connectivity index (χ2v) is 7.78. The Hall–Kier alpha value is -3.22. The highest BCUT2D eigenvalue weighted by molar-refractivity contribution is 6.01. The summed E-state index contributed by atoms with van der Waals surface area (Å²) in [6.07, 6.45) is 0.493. The van der Waals surface area contributed by atoms with Crippen LogP contribution in [0, 0.1) is 0 Å². The number of benzene rings is 2. The number of carbonyl (C=O) groups excluding carboxylic acids is 2. The molecule has 2 aromatic rings. The van der Waals surface area contributed by atoms with E-state index in [1.54, 1.807) is 20.2 Å². The maximum atomic E-state index is 13.3. The smallest absolute Gasteiger partial charge is 0.259 e. The Morgan fingerprint density at radius 2 is 1.87 bits per heavy atom. The normalized spacial score (nSPS) is 16.2. The van der Waals surface area contributed by atoms with E-state index in [-0.39, 0.29) is 30.6 Å². The number of hydrogen-bond donors (Lipinski definition) is 1. The third-order valence-electron chi connectivity index (χ3n) is 5.46. The zero-order valence-corrected chi connectivity index (χ0v) is 18.8. The second-order valence-electron chi connectivity index (χ2n) is 7.78. The Labute approximate surface area is 183 Å². The van der Waals surface area contributed by atoms with Gasteiger partial charge in [-0.25, -0.2) is 0 Å². The Balaban J connectivity index is 1.96. The fourth-order valence-corrected chi connectivity index (χ4v) is 3.51. The van der Waals surface area contributed by atoms with Crippen molar-refractivity contribution in [2.24, 2.45) is 0 Å². The third-order valence-corrected chi connectivity index (χ3v) is 5.46. The van der Waals surface area contributed by atoms with E-state index < -0.39 is 0 Å². The first-order valence-electron chi connectivity index (χ1n) is 10.6. The lowest BCUT2D eigenvalue weighted by molar-refractivity contribution is -0.130. The molecule has 0 spiro atoms. The van der Waals surface area contributed by atoms with Crippen molar-refractivity contribution in [2.75, 3.05) is 32.6 Å². The minimum absolute atomic E-state index is 0.00330. The SMILES string of the molecule is CCOc1cc([C@H]2Nc3ccccc3C(=O)N2[C@@H](C)CC)ccc1OCC(=O)N(C)C. The second kappa shape index (κ2) is 9.73. The van der Waals surface area contributed by atoms with Crippen LogP contribution in [0.1, 0.15) is 49.3 Å². The minimum atomic E-state index is -0.339. The molecule has 166 valence electrons. The van der Waals surface area contributed by atoms with Crippen molar-refractivity contribution in [1.82, 2.24) is 9.80 Å². The molecule has 7 nitrogen and oxygen atoms in total. The minimum Gasteiger partial charge on any atom is -0.490 e. The summed E-state index contributed by atoms with van der Waals surface area (Å²) in [6.45, 7) is 6.40. The maximum absolute atomic E-state index is 13.3. The number of hydrogen-bond acceptors (Lipinski definition) is 5. The lowest BCUT2D eigenvalue weighted by Crippen LogP contribution is -2.47. The molecule has 0 radical (unpaired) electrons. The van der Waals surface area contributed by atoms with Crippen molar-refractivity contribution < 1.29 is 19.1 Å². The molecule has 2 aromatic carbocycles. The number of para-hydroxylation sites is 1. The maximum Gasteiger partial charge on any atom is 0.259 e. The molecule has 1 aliphatic heterocycles. The summed E-state index contributed by atoms with van der Waals surface area (Å²) >= 11 is 0. The first kappa shape index (κ1) is 22.5. The number of nitrogens with one attached hydrogen (secondary N) is 1. The van der Waals surface area contributed by atoms with Crippen molar-refractivity contribution >= 4 is 17.5 Å². The molecule has 0 aromatic heterocycles. The molecule has 31 heavy (non-hydrogen) atoms. The van der Waals surface area contributed by atoms with Crippen molar-refractivity contribution in [3.63, 3.8) is 0 Å². The predicted octanol–water partition coefficient (Wildman–Crippen LogP) is 3.92. The molecule has 3 rings (SSSR count). The average Bonchev–Trinajstić information content (AvgIpc) is 2.77. The molecule has 1 heterocycles. The molecule has 0 bridgehead atoms. The van der Waals surface area contributed by atoms with Gasteiger partial charge < -0.3 is 24.6 Å². The fourth-order valence-electron chi connectivity index (χ4n) is 3.51. The van der Waals surface area contributed by atoms with Gasteiger partial charge in [-0.1, -0.05) is 25.1 Å². The first-order chi connectivity index (χ1) is 14.9. The van der Waals surface area contributed by atoms with E-state index in [4.69, 9.17) is 9.47 Å². The van der Waals surface area contributed by atoms with Crippen molar-refractivity contribution in [3.8, 4) is 11.5 Å². The Kier molecular flexibility index (Phi) is 7.05. The number of fused-ring (bicyclic) bond motifs is 1. The highest BCUT2D eigenvalue weighted by Gasteiger charge is 2.35. The summed E-state index contributed by atoms with van der Waals surface area (Å²) in [6, 6.07) is 13.2. The van der Waals surface area contributed by atoms with Crippen molar-refractivity contribution in [1.29, 1.82) is 0 Å². The van der Waals surface area contributed by atoms with E-state index in [1.165, 1.54) is 4.90 Å². The summed E-state index contributed by atoms with van der Waals surface area (Å²) in [5.41, 5.74) is 2.37. The molecule has 0 aliphatic carbocycles. The van der Waals surface area contributed by atoms with Gasteiger partial charge in [0.25, 0.3) is 11.8 Å². The van der Waals surface area contributed by atoms with E-state index in [9.17, 15) is 9.59 Å². The lowest BCUT2D eigenvalue weighted by Gasteiger charge is -2.41. The topological polar surface area (TPSA) is 71.1 Å². The van der Waals surface area contributed by atoms with Crippen LogP contribution in [0.15, 0.2) is 42.5 Å². The van der Waals surface area contributed by atoms with Gasteiger partial charge in [-0.15, -0.1) is 0 Å². The first-order valence-corrected chi connectivity index (χ1v) is 10.6. The zero-order valence-electron chi connectivity index (χ0n) is 18.8. The number of nitrogens with zero attached hydrogens (tertiary/aromatic N) is 2. The summed E-state index contributed by atoms with van der Waals surface area (Å²) in [5, 5.41) is 3.51.